The Kier molecular flexibility index (Phi) is 5.14. The topological polar surface area (TPSA) is 69.8 Å². The van der Waals surface area contributed by atoms with Gasteiger partial charge < -0.3 is 15.7 Å². The van der Waals surface area contributed by atoms with Crippen LogP contribution in [0.25, 0.3) is 0 Å². The number of aromatic hydroxyl groups is 1. The zero-order chi connectivity index (χ0) is 15.4. The monoisotopic (exact) mass is 295 g/mol. The van der Waals surface area contributed by atoms with Gasteiger partial charge in [0.1, 0.15) is 11.6 Å². The van der Waals surface area contributed by atoms with E-state index >= 15 is 0 Å². The second-order valence-electron chi connectivity index (χ2n) is 5.29. The number of hydrogen-bond donors (Lipinski definition) is 2. The lowest BCUT2D eigenvalue weighted by molar-refractivity contribution is 0.0567. The number of phenols is 1. The quantitative estimate of drug-likeness (QED) is 0.870. The molecule has 0 bridgehead atoms. The Morgan fingerprint density at radius 3 is 2.57 bits per heavy atom. The number of carbonyl (C=O) groups excluding carboxylic acids is 1. The van der Waals surface area contributed by atoms with E-state index in [9.17, 15) is 14.3 Å². The minimum Gasteiger partial charge on any atom is -0.508 e. The van der Waals surface area contributed by atoms with Crippen LogP contribution < -0.4 is 5.73 Å². The van der Waals surface area contributed by atoms with Gasteiger partial charge in [0.15, 0.2) is 0 Å². The summed E-state index contributed by atoms with van der Waals surface area (Å²) >= 11 is 0. The number of benzene rings is 1. The maximum absolute atomic E-state index is 13.7. The molecule has 5 nitrogen and oxygen atoms in total. The molecule has 1 aliphatic rings. The molecule has 1 aromatic rings. The minimum atomic E-state index is -0.684. The fraction of sp³-hybridized carbons (Fsp3) is 0.533. The molecule has 0 aromatic heterocycles. The fourth-order valence-electron chi connectivity index (χ4n) is 2.71. The number of phenolic OH excluding ortho intramolecular Hbond substituents is 1. The van der Waals surface area contributed by atoms with E-state index in [-0.39, 0.29) is 17.2 Å². The van der Waals surface area contributed by atoms with Crippen LogP contribution in [0.3, 0.4) is 0 Å². The zero-order valence-electron chi connectivity index (χ0n) is 12.3. The van der Waals surface area contributed by atoms with Gasteiger partial charge in [-0.3, -0.25) is 9.69 Å². The molecule has 1 fully saturated rings. The average molecular weight is 295 g/mol. The Morgan fingerprint density at radius 1 is 1.38 bits per heavy atom. The van der Waals surface area contributed by atoms with Gasteiger partial charge >= 0.3 is 0 Å². The molecular formula is C15H22FN3O2. The van der Waals surface area contributed by atoms with Crippen LogP contribution in [0.15, 0.2) is 18.2 Å². The molecule has 21 heavy (non-hydrogen) atoms. The van der Waals surface area contributed by atoms with Crippen molar-refractivity contribution in [1.29, 1.82) is 0 Å². The summed E-state index contributed by atoms with van der Waals surface area (Å²) in [6, 6.07) is 3.96. The van der Waals surface area contributed by atoms with Crippen molar-refractivity contribution in [2.75, 3.05) is 32.7 Å². The summed E-state index contributed by atoms with van der Waals surface area (Å²) in [4.78, 5) is 16.2. The molecule has 0 spiro atoms. The largest absolute Gasteiger partial charge is 0.508 e. The van der Waals surface area contributed by atoms with E-state index in [4.69, 9.17) is 5.73 Å². The van der Waals surface area contributed by atoms with Gasteiger partial charge in [0.25, 0.3) is 5.91 Å². The molecule has 1 aliphatic heterocycles. The van der Waals surface area contributed by atoms with Gasteiger partial charge in [0.2, 0.25) is 0 Å². The van der Waals surface area contributed by atoms with Crippen LogP contribution in [0.2, 0.25) is 0 Å². The van der Waals surface area contributed by atoms with Crippen molar-refractivity contribution in [2.45, 2.75) is 19.4 Å². The van der Waals surface area contributed by atoms with Crippen LogP contribution in [-0.2, 0) is 0 Å². The Balaban J connectivity index is 2.00. The molecule has 116 valence electrons. The van der Waals surface area contributed by atoms with Gasteiger partial charge in [0, 0.05) is 44.8 Å². The standard InChI is InChI=1S/C15H22FN3O2/c1-2-11(10-17)18-5-7-19(8-6-18)15(21)13-4-3-12(20)9-14(13)16/h3-4,9,11,20H,2,5-8,10,17H2,1H3. The third kappa shape index (κ3) is 3.51. The molecule has 0 aliphatic carbocycles. The van der Waals surface area contributed by atoms with Gasteiger partial charge in [0.05, 0.1) is 5.56 Å². The second-order valence-corrected chi connectivity index (χ2v) is 5.29. The van der Waals surface area contributed by atoms with Gasteiger partial charge in [-0.25, -0.2) is 4.39 Å². The summed E-state index contributed by atoms with van der Waals surface area (Å²) in [7, 11) is 0. The van der Waals surface area contributed by atoms with Crippen molar-refractivity contribution < 1.29 is 14.3 Å². The van der Waals surface area contributed by atoms with Crippen LogP contribution in [-0.4, -0.2) is 59.6 Å². The summed E-state index contributed by atoms with van der Waals surface area (Å²) in [5.74, 6) is -1.19. The van der Waals surface area contributed by atoms with Crippen LogP contribution in [0.4, 0.5) is 4.39 Å². The summed E-state index contributed by atoms with van der Waals surface area (Å²) in [6.07, 6.45) is 0.983. The summed E-state index contributed by atoms with van der Waals surface area (Å²) < 4.78 is 13.7. The lowest BCUT2D eigenvalue weighted by atomic mass is 10.1. The summed E-state index contributed by atoms with van der Waals surface area (Å²) in [5, 5.41) is 9.20. The fourth-order valence-corrected chi connectivity index (χ4v) is 2.71. The van der Waals surface area contributed by atoms with Crippen LogP contribution >= 0.6 is 0 Å². The van der Waals surface area contributed by atoms with E-state index in [1.54, 1.807) is 4.90 Å². The Bertz CT molecular complexity index is 498. The average Bonchev–Trinajstić information content (AvgIpc) is 2.48. The minimum absolute atomic E-state index is 0.00659. The van der Waals surface area contributed by atoms with Gasteiger partial charge in [-0.1, -0.05) is 6.92 Å². The third-order valence-corrected chi connectivity index (χ3v) is 4.04. The van der Waals surface area contributed by atoms with Crippen LogP contribution in [0.5, 0.6) is 5.75 Å². The number of halogens is 1. The molecule has 0 saturated carbocycles. The molecule has 2 rings (SSSR count). The smallest absolute Gasteiger partial charge is 0.256 e. The number of hydrogen-bond acceptors (Lipinski definition) is 4. The number of amides is 1. The zero-order valence-corrected chi connectivity index (χ0v) is 12.3. The molecular weight excluding hydrogens is 273 g/mol. The molecule has 1 aromatic carbocycles. The lowest BCUT2D eigenvalue weighted by Crippen LogP contribution is -2.53. The van der Waals surface area contributed by atoms with Crippen molar-refractivity contribution in [3.63, 3.8) is 0 Å². The highest BCUT2D eigenvalue weighted by Gasteiger charge is 2.26. The molecule has 3 N–H and O–H groups in total. The first-order valence-corrected chi connectivity index (χ1v) is 7.28. The molecule has 1 unspecified atom stereocenters. The Morgan fingerprint density at radius 2 is 2.05 bits per heavy atom. The number of nitrogens with zero attached hydrogens (tertiary/aromatic N) is 2. The normalized spacial score (nSPS) is 17.8. The third-order valence-electron chi connectivity index (χ3n) is 4.04. The van der Waals surface area contributed by atoms with E-state index in [2.05, 4.69) is 11.8 Å². The highest BCUT2D eigenvalue weighted by molar-refractivity contribution is 5.94. The molecule has 1 amide bonds. The SMILES string of the molecule is CCC(CN)N1CCN(C(=O)c2ccc(O)cc2F)CC1. The first-order valence-electron chi connectivity index (χ1n) is 7.28. The number of rotatable bonds is 4. The van der Waals surface area contributed by atoms with E-state index in [0.717, 1.165) is 25.6 Å². The number of carbonyl (C=O) groups is 1. The van der Waals surface area contributed by atoms with E-state index in [1.165, 1.54) is 12.1 Å². The molecule has 1 saturated heterocycles. The summed E-state index contributed by atoms with van der Waals surface area (Å²) in [6.45, 7) is 5.34. The molecule has 0 radical (unpaired) electrons. The first kappa shape index (κ1) is 15.7. The van der Waals surface area contributed by atoms with Crippen LogP contribution in [0, 0.1) is 5.82 Å². The Hall–Kier alpha value is -1.66. The predicted molar refractivity (Wildman–Crippen MR) is 78.7 cm³/mol. The summed E-state index contributed by atoms with van der Waals surface area (Å²) in [5.41, 5.74) is 5.74. The maximum atomic E-state index is 13.7. The van der Waals surface area contributed by atoms with Crippen molar-refractivity contribution >= 4 is 5.91 Å². The molecule has 1 atom stereocenters. The van der Waals surface area contributed by atoms with E-state index in [1.807, 2.05) is 0 Å². The van der Waals surface area contributed by atoms with Crippen molar-refractivity contribution in [1.82, 2.24) is 9.80 Å². The maximum Gasteiger partial charge on any atom is 0.256 e. The highest BCUT2D eigenvalue weighted by atomic mass is 19.1. The van der Waals surface area contributed by atoms with E-state index < -0.39 is 5.82 Å². The van der Waals surface area contributed by atoms with Crippen molar-refractivity contribution in [3.05, 3.63) is 29.6 Å². The van der Waals surface area contributed by atoms with Gasteiger partial charge in [-0.05, 0) is 18.6 Å². The van der Waals surface area contributed by atoms with Crippen molar-refractivity contribution in [2.24, 2.45) is 5.73 Å². The number of nitrogens with two attached hydrogens (primary N) is 1. The van der Waals surface area contributed by atoms with E-state index in [0.29, 0.717) is 25.7 Å². The van der Waals surface area contributed by atoms with Gasteiger partial charge in [-0.2, -0.15) is 0 Å². The number of piperazine rings is 1. The van der Waals surface area contributed by atoms with Crippen molar-refractivity contribution in [3.8, 4) is 5.75 Å². The Labute approximate surface area is 124 Å². The lowest BCUT2D eigenvalue weighted by Gasteiger charge is -2.38. The first-order chi connectivity index (χ1) is 10.1. The second kappa shape index (κ2) is 6.87. The molecule has 1 heterocycles. The van der Waals surface area contributed by atoms with Crippen LogP contribution in [0.1, 0.15) is 23.7 Å². The van der Waals surface area contributed by atoms with Gasteiger partial charge in [-0.15, -0.1) is 0 Å². The molecule has 6 heteroatoms. The highest BCUT2D eigenvalue weighted by Crippen LogP contribution is 2.18. The predicted octanol–water partition coefficient (Wildman–Crippen LogP) is 1.03.